The number of piperazine rings is 2. The number of amides is 4. The fourth-order valence-electron chi connectivity index (χ4n) is 11.0. The molecule has 6 aliphatic heterocycles. The fraction of sp³-hybridized carbons (Fsp3) is 0.408. The Morgan fingerprint density at radius 2 is 1.66 bits per heavy atom. The molecule has 11 rings (SSSR count). The molecular formula is C49H49FN10O5. The van der Waals surface area contributed by atoms with Gasteiger partial charge in [-0.25, -0.2) is 4.39 Å². The molecule has 5 aromatic rings. The predicted octanol–water partition coefficient (Wildman–Crippen LogP) is 3.58. The lowest BCUT2D eigenvalue weighted by molar-refractivity contribution is -0.136. The van der Waals surface area contributed by atoms with Crippen molar-refractivity contribution >= 4 is 51.1 Å². The number of terminal acetylenes is 1. The normalized spacial score (nSPS) is 25.2. The van der Waals surface area contributed by atoms with E-state index in [1.165, 1.54) is 0 Å². The van der Waals surface area contributed by atoms with Crippen LogP contribution in [0.2, 0.25) is 0 Å². The molecule has 0 spiro atoms. The van der Waals surface area contributed by atoms with E-state index >= 15 is 4.39 Å². The molecule has 6 aliphatic rings. The smallest absolute Gasteiger partial charge is 0.319 e. The maximum atomic E-state index is 17.0. The van der Waals surface area contributed by atoms with Crippen molar-refractivity contribution in [1.29, 1.82) is 0 Å². The van der Waals surface area contributed by atoms with Crippen LogP contribution in [0, 0.1) is 18.2 Å². The number of aromatic nitrogens is 3. The minimum atomic E-state index is -0.989. The molecule has 4 amide bonds. The second-order valence-corrected chi connectivity index (χ2v) is 18.3. The highest BCUT2D eigenvalue weighted by Crippen LogP contribution is 2.38. The van der Waals surface area contributed by atoms with E-state index in [0.717, 1.165) is 86.3 Å². The average molecular weight is 877 g/mol. The maximum Gasteiger partial charge on any atom is 0.319 e. The van der Waals surface area contributed by atoms with Gasteiger partial charge in [0.1, 0.15) is 29.7 Å². The first kappa shape index (κ1) is 41.3. The first-order chi connectivity index (χ1) is 31.6. The minimum Gasteiger partial charge on any atom is -0.462 e. The zero-order chi connectivity index (χ0) is 44.5. The molecule has 0 aliphatic carbocycles. The summed E-state index contributed by atoms with van der Waals surface area (Å²) in [4.78, 5) is 75.7. The molecule has 2 N–H and O–H groups in total. The number of nitrogens with zero attached hydrogens (tertiary/aromatic N) is 8. The van der Waals surface area contributed by atoms with Gasteiger partial charge in [-0.2, -0.15) is 9.97 Å². The summed E-state index contributed by atoms with van der Waals surface area (Å²) in [7, 11) is 2.11. The molecule has 332 valence electrons. The van der Waals surface area contributed by atoms with E-state index in [1.807, 2.05) is 42.5 Å². The van der Waals surface area contributed by atoms with E-state index in [4.69, 9.17) is 26.1 Å². The predicted molar refractivity (Wildman–Crippen MR) is 241 cm³/mol. The van der Waals surface area contributed by atoms with Crippen LogP contribution < -0.4 is 20.3 Å². The number of halogens is 1. The zero-order valence-corrected chi connectivity index (χ0v) is 36.1. The third kappa shape index (κ3) is 7.46. The molecule has 2 aromatic heterocycles. The SMILES string of the molecule is C#Cc1cccc2cccc(-c3ncc4c(N5CC6CCC(C5)N6)nc(OC[C@@H]5C[C@H](N6CCN(Cc7ccc8c(c7)C(=O)N(C7CCC(=O)NC7=O)C8=O)CC6)CN5C)nc4c3F)c12. The van der Waals surface area contributed by atoms with Gasteiger partial charge in [0.2, 0.25) is 11.8 Å². The number of ether oxygens (including phenoxy) is 1. The second kappa shape index (κ2) is 16.6. The molecule has 5 fully saturated rings. The second-order valence-electron chi connectivity index (χ2n) is 18.3. The largest absolute Gasteiger partial charge is 0.462 e. The van der Waals surface area contributed by atoms with Crippen LogP contribution in [0.3, 0.4) is 0 Å². The lowest BCUT2D eigenvalue weighted by Gasteiger charge is -2.38. The van der Waals surface area contributed by atoms with Gasteiger partial charge >= 0.3 is 6.01 Å². The van der Waals surface area contributed by atoms with Gasteiger partial charge in [0, 0.05) is 106 Å². The van der Waals surface area contributed by atoms with Crippen molar-refractivity contribution in [2.45, 2.75) is 68.9 Å². The Bertz CT molecular complexity index is 2820. The van der Waals surface area contributed by atoms with E-state index in [0.29, 0.717) is 59.2 Å². The van der Waals surface area contributed by atoms with Crippen LogP contribution in [0.5, 0.6) is 6.01 Å². The van der Waals surface area contributed by atoms with Crippen molar-refractivity contribution in [3.8, 4) is 29.6 Å². The number of imide groups is 2. The number of nitrogens with one attached hydrogen (secondary N) is 2. The number of hydrogen-bond donors (Lipinski definition) is 2. The number of likely N-dealkylation sites (N-methyl/N-ethyl adjacent to an activating group) is 1. The molecule has 5 atom stereocenters. The number of carbonyl (C=O) groups is 4. The number of carbonyl (C=O) groups excluding carboxylic acids is 4. The minimum absolute atomic E-state index is 0.0802. The summed E-state index contributed by atoms with van der Waals surface area (Å²) in [6.45, 7) is 6.75. The van der Waals surface area contributed by atoms with Crippen LogP contribution >= 0.6 is 0 Å². The highest BCUT2D eigenvalue weighted by Gasteiger charge is 2.45. The maximum absolute atomic E-state index is 17.0. The van der Waals surface area contributed by atoms with Gasteiger partial charge in [-0.05, 0) is 61.9 Å². The number of fused-ring (bicyclic) bond motifs is 5. The molecular weight excluding hydrogens is 828 g/mol. The Morgan fingerprint density at radius 3 is 2.43 bits per heavy atom. The number of anilines is 1. The van der Waals surface area contributed by atoms with E-state index < -0.39 is 35.5 Å². The summed E-state index contributed by atoms with van der Waals surface area (Å²) in [5.41, 5.74) is 3.12. The third-order valence-corrected chi connectivity index (χ3v) is 14.4. The molecule has 8 heterocycles. The van der Waals surface area contributed by atoms with Crippen LogP contribution in [0.15, 0.2) is 60.8 Å². The third-order valence-electron chi connectivity index (χ3n) is 14.4. The van der Waals surface area contributed by atoms with Crippen molar-refractivity contribution in [2.24, 2.45) is 0 Å². The highest BCUT2D eigenvalue weighted by molar-refractivity contribution is 6.23. The van der Waals surface area contributed by atoms with Crippen molar-refractivity contribution in [3.05, 3.63) is 88.9 Å². The van der Waals surface area contributed by atoms with Crippen LogP contribution in [0.1, 0.15) is 63.9 Å². The molecule has 3 aromatic carbocycles. The molecule has 3 unspecified atom stereocenters. The Kier molecular flexibility index (Phi) is 10.5. The van der Waals surface area contributed by atoms with Gasteiger partial charge in [0.15, 0.2) is 5.82 Å². The summed E-state index contributed by atoms with van der Waals surface area (Å²) in [5, 5.41) is 8.15. The molecule has 65 heavy (non-hydrogen) atoms. The Morgan fingerprint density at radius 1 is 0.892 bits per heavy atom. The van der Waals surface area contributed by atoms with Gasteiger partial charge in [0.05, 0.1) is 16.5 Å². The van der Waals surface area contributed by atoms with Crippen LogP contribution in [-0.4, -0.2) is 148 Å². The van der Waals surface area contributed by atoms with E-state index in [2.05, 4.69) is 43.2 Å². The van der Waals surface area contributed by atoms with Gasteiger partial charge in [0.25, 0.3) is 11.8 Å². The average Bonchev–Trinajstić information content (AvgIpc) is 3.94. The van der Waals surface area contributed by atoms with Gasteiger partial charge in [-0.3, -0.25) is 49.1 Å². The molecule has 0 radical (unpaired) electrons. The quantitative estimate of drug-likeness (QED) is 0.164. The number of hydrogen-bond acceptors (Lipinski definition) is 13. The zero-order valence-electron chi connectivity index (χ0n) is 36.1. The monoisotopic (exact) mass is 876 g/mol. The summed E-state index contributed by atoms with van der Waals surface area (Å²) >= 11 is 0. The first-order valence-corrected chi connectivity index (χ1v) is 22.6. The number of likely N-dealkylation sites (tertiary alicyclic amines) is 1. The summed E-state index contributed by atoms with van der Waals surface area (Å²) in [5.74, 6) is 0.840. The lowest BCUT2D eigenvalue weighted by atomic mass is 9.97. The summed E-state index contributed by atoms with van der Waals surface area (Å²) < 4.78 is 23.5. The Labute approximate surface area is 375 Å². The molecule has 16 heteroatoms. The number of piperidine rings is 1. The van der Waals surface area contributed by atoms with Crippen molar-refractivity contribution in [1.82, 2.24) is 45.2 Å². The lowest BCUT2D eigenvalue weighted by Crippen LogP contribution is -2.54. The van der Waals surface area contributed by atoms with E-state index in [-0.39, 0.29) is 41.7 Å². The fourth-order valence-corrected chi connectivity index (χ4v) is 11.0. The number of pyridine rings is 1. The van der Waals surface area contributed by atoms with Gasteiger partial charge < -0.3 is 15.0 Å². The van der Waals surface area contributed by atoms with E-state index in [1.54, 1.807) is 18.3 Å². The number of benzene rings is 3. The topological polar surface area (TPSA) is 156 Å². The number of rotatable bonds is 9. The van der Waals surface area contributed by atoms with Crippen LogP contribution in [-0.2, 0) is 16.1 Å². The molecule has 15 nitrogen and oxygen atoms in total. The van der Waals surface area contributed by atoms with Gasteiger partial charge in [-0.1, -0.05) is 42.3 Å². The van der Waals surface area contributed by atoms with Crippen molar-refractivity contribution < 1.29 is 28.3 Å². The first-order valence-electron chi connectivity index (χ1n) is 22.6. The van der Waals surface area contributed by atoms with Crippen molar-refractivity contribution in [2.75, 3.05) is 64.4 Å². The van der Waals surface area contributed by atoms with Crippen molar-refractivity contribution in [3.63, 3.8) is 0 Å². The van der Waals surface area contributed by atoms with E-state index in [9.17, 15) is 19.2 Å². The summed E-state index contributed by atoms with van der Waals surface area (Å²) in [6, 6.07) is 17.0. The standard InChI is InChI=1S/C49H49FN10O5/c1-3-29-6-4-7-30-8-5-9-36(41(29)30)43-42(50)44-38(22-51-43)45(59-24-31-11-12-32(25-59)52-31)55-49(54-44)65-27-34-21-33(26-56(34)2)58-18-16-57(17-19-58)23-28-10-13-35-37(20-28)48(64)60(47(35)63)39-14-15-40(61)53-46(39)62/h1,4-10,13,20,22,31-34,39,52H,11-12,14-19,21,23-27H2,2H3,(H,53,61,62)/t31?,32?,33-,34-,39?/m0/s1. The highest BCUT2D eigenvalue weighted by atomic mass is 19.1. The summed E-state index contributed by atoms with van der Waals surface area (Å²) in [6.07, 6.45) is 10.9. The molecule has 2 bridgehead atoms. The van der Waals surface area contributed by atoms with Gasteiger partial charge in [-0.15, -0.1) is 6.42 Å². The Hall–Kier alpha value is -6.38. The molecule has 5 saturated heterocycles. The molecule has 0 saturated carbocycles. The van der Waals surface area contributed by atoms with Crippen LogP contribution in [0.4, 0.5) is 10.2 Å². The van der Waals surface area contributed by atoms with Crippen LogP contribution in [0.25, 0.3) is 32.9 Å². The Balaban J connectivity index is 0.767.